The van der Waals surface area contributed by atoms with Gasteiger partial charge in [0.2, 0.25) is 11.8 Å². The third-order valence-electron chi connectivity index (χ3n) is 6.72. The highest BCUT2D eigenvalue weighted by atomic mass is 16.5. The highest BCUT2D eigenvalue weighted by molar-refractivity contribution is 6.05. The van der Waals surface area contributed by atoms with Crippen LogP contribution in [0.4, 0.5) is 0 Å². The first kappa shape index (κ1) is 23.7. The quantitative estimate of drug-likeness (QED) is 0.377. The number of benzene rings is 2. The third kappa shape index (κ3) is 4.99. The van der Waals surface area contributed by atoms with E-state index >= 15 is 0 Å². The van der Waals surface area contributed by atoms with Gasteiger partial charge in [-0.3, -0.25) is 24.7 Å². The van der Waals surface area contributed by atoms with E-state index in [1.807, 2.05) is 30.3 Å². The van der Waals surface area contributed by atoms with Gasteiger partial charge in [0.15, 0.2) is 0 Å². The lowest BCUT2D eigenvalue weighted by molar-refractivity contribution is -0.136. The molecule has 8 nitrogen and oxygen atoms in total. The Morgan fingerprint density at radius 1 is 1.06 bits per heavy atom. The Kier molecular flexibility index (Phi) is 6.77. The molecule has 36 heavy (non-hydrogen) atoms. The van der Waals surface area contributed by atoms with Gasteiger partial charge < -0.3 is 15.0 Å². The highest BCUT2D eigenvalue weighted by Gasteiger charge is 2.39. The summed E-state index contributed by atoms with van der Waals surface area (Å²) in [6.45, 7) is 1.92. The van der Waals surface area contributed by atoms with E-state index in [1.54, 1.807) is 24.3 Å². The van der Waals surface area contributed by atoms with Crippen molar-refractivity contribution in [2.45, 2.75) is 38.4 Å². The first-order valence-electron chi connectivity index (χ1n) is 12.1. The largest absolute Gasteiger partial charge is 0.497 e. The average molecular weight is 485 g/mol. The van der Waals surface area contributed by atoms with Gasteiger partial charge in [-0.05, 0) is 72.5 Å². The summed E-state index contributed by atoms with van der Waals surface area (Å²) < 4.78 is 5.20. The number of carbonyl (C=O) groups excluding carboxylic acids is 3. The molecular weight excluding hydrogens is 456 g/mol. The molecule has 1 unspecified atom stereocenters. The fourth-order valence-corrected chi connectivity index (χ4v) is 4.73. The summed E-state index contributed by atoms with van der Waals surface area (Å²) in [4.78, 5) is 42.8. The zero-order valence-corrected chi connectivity index (χ0v) is 20.1. The minimum absolute atomic E-state index is 0.172. The maximum Gasteiger partial charge on any atom is 0.255 e. The fourth-order valence-electron chi connectivity index (χ4n) is 4.73. The smallest absolute Gasteiger partial charge is 0.255 e. The van der Waals surface area contributed by atoms with E-state index in [-0.39, 0.29) is 18.2 Å². The normalized spacial score (nSPS) is 17.2. The van der Waals surface area contributed by atoms with Crippen LogP contribution in [0.5, 0.6) is 5.75 Å². The lowest BCUT2D eigenvalue weighted by Gasteiger charge is -2.29. The Labute approximate surface area is 209 Å². The summed E-state index contributed by atoms with van der Waals surface area (Å²) >= 11 is 0. The fraction of sp³-hybridized carbons (Fsp3) is 0.286. The predicted molar refractivity (Wildman–Crippen MR) is 134 cm³/mol. The molecule has 0 radical (unpaired) electrons. The molecule has 1 fully saturated rings. The second-order valence-electron chi connectivity index (χ2n) is 9.10. The van der Waals surface area contributed by atoms with Crippen molar-refractivity contribution in [3.8, 4) is 17.0 Å². The summed E-state index contributed by atoms with van der Waals surface area (Å²) in [5.41, 5.74) is 5.59. The van der Waals surface area contributed by atoms with Gasteiger partial charge in [-0.25, -0.2) is 0 Å². The number of carbonyl (C=O) groups is 3. The van der Waals surface area contributed by atoms with Gasteiger partial charge in [0.1, 0.15) is 11.8 Å². The monoisotopic (exact) mass is 484 g/mol. The molecule has 2 N–H and O–H groups in total. The van der Waals surface area contributed by atoms with Crippen LogP contribution in [0.2, 0.25) is 0 Å². The summed E-state index contributed by atoms with van der Waals surface area (Å²) in [6, 6.07) is 17.2. The van der Waals surface area contributed by atoms with Gasteiger partial charge in [0, 0.05) is 36.8 Å². The van der Waals surface area contributed by atoms with Crippen LogP contribution >= 0.6 is 0 Å². The molecule has 3 heterocycles. The Hall–Kier alpha value is -4.04. The molecule has 0 bridgehead atoms. The number of nitrogens with zero attached hydrogens (tertiary/aromatic N) is 2. The van der Waals surface area contributed by atoms with Crippen molar-refractivity contribution in [2.24, 2.45) is 0 Å². The molecule has 1 saturated heterocycles. The van der Waals surface area contributed by atoms with Crippen LogP contribution in [0.1, 0.15) is 39.9 Å². The van der Waals surface area contributed by atoms with E-state index in [2.05, 4.69) is 33.8 Å². The molecule has 3 aromatic rings. The summed E-state index contributed by atoms with van der Waals surface area (Å²) in [5, 5.41) is 5.82. The Bertz CT molecular complexity index is 1310. The van der Waals surface area contributed by atoms with Gasteiger partial charge in [-0.15, -0.1) is 0 Å². The number of hydrogen-bond acceptors (Lipinski definition) is 6. The SMILES string of the molecule is COc1ccc(CCNCc2ccnc(-c3ccc4c(c3)CN(C3CCC(=O)NC3=O)C4=O)c2)cc1. The zero-order valence-electron chi connectivity index (χ0n) is 20.1. The molecule has 2 aromatic carbocycles. The number of rotatable bonds is 8. The molecule has 0 spiro atoms. The Balaban J connectivity index is 1.22. The molecule has 0 aliphatic carbocycles. The van der Waals surface area contributed by atoms with E-state index in [4.69, 9.17) is 4.74 Å². The summed E-state index contributed by atoms with van der Waals surface area (Å²) in [6.07, 6.45) is 3.31. The third-order valence-corrected chi connectivity index (χ3v) is 6.72. The zero-order chi connectivity index (χ0) is 25.1. The lowest BCUT2D eigenvalue weighted by atomic mass is 10.0. The van der Waals surface area contributed by atoms with Crippen LogP contribution in [0.3, 0.4) is 0 Å². The predicted octanol–water partition coefficient (Wildman–Crippen LogP) is 2.85. The van der Waals surface area contributed by atoms with Crippen molar-refractivity contribution in [2.75, 3.05) is 13.7 Å². The number of amides is 3. The van der Waals surface area contributed by atoms with E-state index in [1.165, 1.54) is 5.56 Å². The van der Waals surface area contributed by atoms with Gasteiger partial charge >= 0.3 is 0 Å². The molecule has 1 atom stereocenters. The second-order valence-corrected chi connectivity index (χ2v) is 9.10. The molecule has 184 valence electrons. The number of aromatic nitrogens is 1. The van der Waals surface area contributed by atoms with Gasteiger partial charge in [0.25, 0.3) is 5.91 Å². The van der Waals surface area contributed by atoms with Crippen molar-refractivity contribution < 1.29 is 19.1 Å². The van der Waals surface area contributed by atoms with Gasteiger partial charge in [-0.2, -0.15) is 0 Å². The molecule has 2 aliphatic heterocycles. The molecule has 3 amide bonds. The number of fused-ring (bicyclic) bond motifs is 1. The van der Waals surface area contributed by atoms with Crippen molar-refractivity contribution in [3.63, 3.8) is 0 Å². The molecule has 1 aromatic heterocycles. The topological polar surface area (TPSA) is 101 Å². The number of nitrogens with one attached hydrogen (secondary N) is 2. The maximum atomic E-state index is 12.9. The van der Waals surface area contributed by atoms with Crippen molar-refractivity contribution in [3.05, 3.63) is 83.0 Å². The van der Waals surface area contributed by atoms with Crippen LogP contribution in [0.25, 0.3) is 11.3 Å². The first-order chi connectivity index (χ1) is 17.5. The molecule has 5 rings (SSSR count). The van der Waals surface area contributed by atoms with Gasteiger partial charge in [-0.1, -0.05) is 18.2 Å². The average Bonchev–Trinajstić information content (AvgIpc) is 3.22. The number of imide groups is 1. The standard InChI is InChI=1S/C28H28N4O4/c1-36-22-5-2-18(3-6-22)10-12-29-16-19-11-13-30-24(14-19)20-4-7-23-21(15-20)17-32(28(23)35)25-8-9-26(33)31-27(25)34/h2-7,11,13-15,25,29H,8-10,12,16-17H2,1H3,(H,31,33,34). The highest BCUT2D eigenvalue weighted by Crippen LogP contribution is 2.30. The number of pyridine rings is 1. The van der Waals surface area contributed by atoms with Crippen LogP contribution in [0, 0.1) is 0 Å². The first-order valence-corrected chi connectivity index (χ1v) is 12.1. The summed E-state index contributed by atoms with van der Waals surface area (Å²) in [5.74, 6) is -0.00481. The number of hydrogen-bond donors (Lipinski definition) is 2. The second kappa shape index (κ2) is 10.3. The van der Waals surface area contributed by atoms with Crippen LogP contribution in [-0.4, -0.2) is 47.3 Å². The minimum atomic E-state index is -0.614. The van der Waals surface area contributed by atoms with E-state index in [0.29, 0.717) is 18.5 Å². The van der Waals surface area contributed by atoms with Gasteiger partial charge in [0.05, 0.1) is 12.8 Å². The Morgan fingerprint density at radius 3 is 2.67 bits per heavy atom. The van der Waals surface area contributed by atoms with Crippen LogP contribution in [-0.2, 0) is 29.1 Å². The van der Waals surface area contributed by atoms with Crippen molar-refractivity contribution in [1.29, 1.82) is 0 Å². The molecule has 2 aliphatic rings. The van der Waals surface area contributed by atoms with Crippen LogP contribution < -0.4 is 15.4 Å². The molecule has 0 saturated carbocycles. The Morgan fingerprint density at radius 2 is 1.89 bits per heavy atom. The van der Waals surface area contributed by atoms with Crippen LogP contribution in [0.15, 0.2) is 60.8 Å². The molecular formula is C28H28N4O4. The van der Waals surface area contributed by atoms with E-state index < -0.39 is 11.9 Å². The maximum absolute atomic E-state index is 12.9. The number of methoxy groups -OCH3 is 1. The number of piperidine rings is 1. The van der Waals surface area contributed by atoms with E-state index in [9.17, 15) is 14.4 Å². The molecule has 8 heteroatoms. The number of ether oxygens (including phenoxy) is 1. The minimum Gasteiger partial charge on any atom is -0.497 e. The lowest BCUT2D eigenvalue weighted by Crippen LogP contribution is -2.52. The van der Waals surface area contributed by atoms with Crippen molar-refractivity contribution >= 4 is 17.7 Å². The summed E-state index contributed by atoms with van der Waals surface area (Å²) in [7, 11) is 1.66. The van der Waals surface area contributed by atoms with E-state index in [0.717, 1.165) is 47.6 Å². The van der Waals surface area contributed by atoms with Crippen molar-refractivity contribution in [1.82, 2.24) is 20.5 Å².